The number of anilines is 1. The molecule has 118 valence electrons. The summed E-state index contributed by atoms with van der Waals surface area (Å²) < 4.78 is 1.83. The number of piperidine rings is 1. The Bertz CT molecular complexity index is 676. The van der Waals surface area contributed by atoms with Crippen LogP contribution < -0.4 is 4.90 Å². The molecule has 0 amide bonds. The van der Waals surface area contributed by atoms with E-state index in [1.807, 2.05) is 17.9 Å². The van der Waals surface area contributed by atoms with Gasteiger partial charge in [0, 0.05) is 26.1 Å². The monoisotopic (exact) mass is 301 g/mol. The van der Waals surface area contributed by atoms with E-state index in [0.717, 1.165) is 42.1 Å². The van der Waals surface area contributed by atoms with E-state index in [1.54, 1.807) is 0 Å². The Morgan fingerprint density at radius 1 is 1.14 bits per heavy atom. The number of rotatable bonds is 2. The first-order chi connectivity index (χ1) is 10.7. The first kappa shape index (κ1) is 13.9. The van der Waals surface area contributed by atoms with Crippen LogP contribution in [0.25, 0.3) is 11.0 Å². The van der Waals surface area contributed by atoms with E-state index in [0.29, 0.717) is 12.5 Å². The van der Waals surface area contributed by atoms with Crippen molar-refractivity contribution in [3.8, 4) is 0 Å². The van der Waals surface area contributed by atoms with Crippen LogP contribution in [0.2, 0.25) is 0 Å². The molecule has 0 unspecified atom stereocenters. The van der Waals surface area contributed by atoms with Gasteiger partial charge in [-0.2, -0.15) is 5.10 Å². The number of aliphatic hydroxyl groups excluding tert-OH is 1. The summed E-state index contributed by atoms with van der Waals surface area (Å²) in [6.07, 6.45) is 8.40. The third-order valence-corrected chi connectivity index (χ3v) is 5.01. The van der Waals surface area contributed by atoms with Crippen LogP contribution in [0.4, 0.5) is 5.82 Å². The van der Waals surface area contributed by atoms with Gasteiger partial charge in [0.15, 0.2) is 5.65 Å². The maximum Gasteiger partial charge on any atom is 0.163 e. The molecule has 1 saturated carbocycles. The van der Waals surface area contributed by atoms with E-state index in [9.17, 15) is 5.11 Å². The van der Waals surface area contributed by atoms with Crippen LogP contribution in [0.3, 0.4) is 0 Å². The van der Waals surface area contributed by atoms with E-state index >= 15 is 0 Å². The molecule has 22 heavy (non-hydrogen) atoms. The molecule has 0 bridgehead atoms. The molecule has 2 aromatic heterocycles. The number of aliphatic hydroxyl groups is 1. The van der Waals surface area contributed by atoms with Crippen LogP contribution in [-0.4, -0.2) is 44.0 Å². The lowest BCUT2D eigenvalue weighted by molar-refractivity contribution is 0.154. The van der Waals surface area contributed by atoms with Gasteiger partial charge in [0.25, 0.3) is 0 Å². The standard InChI is InChI=1S/C16H23N5O/c1-20-15-13(9-17-20)16(21-8-4-7-12(22)10-21)19-14(18-15)11-5-2-3-6-11/h9,11-12,22H,2-8,10H2,1H3/t12-/m1/s1. The Labute approximate surface area is 130 Å². The van der Waals surface area contributed by atoms with Crippen molar-refractivity contribution in [2.45, 2.75) is 50.5 Å². The molecule has 1 saturated heterocycles. The quantitative estimate of drug-likeness (QED) is 0.918. The zero-order chi connectivity index (χ0) is 15.1. The van der Waals surface area contributed by atoms with Crippen molar-refractivity contribution in [2.24, 2.45) is 7.05 Å². The Balaban J connectivity index is 1.80. The lowest BCUT2D eigenvalue weighted by Crippen LogP contribution is -2.39. The molecule has 1 N–H and O–H groups in total. The summed E-state index contributed by atoms with van der Waals surface area (Å²) in [5.74, 6) is 2.40. The minimum Gasteiger partial charge on any atom is -0.391 e. The molecule has 6 nitrogen and oxygen atoms in total. The largest absolute Gasteiger partial charge is 0.391 e. The lowest BCUT2D eigenvalue weighted by atomic mass is 10.1. The average Bonchev–Trinajstić information content (AvgIpc) is 3.17. The number of nitrogens with zero attached hydrogens (tertiary/aromatic N) is 5. The van der Waals surface area contributed by atoms with Gasteiger partial charge < -0.3 is 10.0 Å². The molecule has 1 atom stereocenters. The Kier molecular flexibility index (Phi) is 3.48. The molecule has 3 heterocycles. The zero-order valence-corrected chi connectivity index (χ0v) is 13.1. The van der Waals surface area contributed by atoms with E-state index in [-0.39, 0.29) is 6.10 Å². The predicted molar refractivity (Wildman–Crippen MR) is 85.0 cm³/mol. The second-order valence-electron chi connectivity index (χ2n) is 6.63. The fraction of sp³-hybridized carbons (Fsp3) is 0.688. The predicted octanol–water partition coefficient (Wildman–Crippen LogP) is 1.98. The topological polar surface area (TPSA) is 67.1 Å². The summed E-state index contributed by atoms with van der Waals surface area (Å²) >= 11 is 0. The fourth-order valence-electron chi connectivity index (χ4n) is 3.78. The smallest absolute Gasteiger partial charge is 0.163 e. The van der Waals surface area contributed by atoms with Gasteiger partial charge in [-0.1, -0.05) is 12.8 Å². The molecule has 0 spiro atoms. The Morgan fingerprint density at radius 3 is 2.73 bits per heavy atom. The summed E-state index contributed by atoms with van der Waals surface area (Å²) in [6.45, 7) is 1.60. The Morgan fingerprint density at radius 2 is 1.95 bits per heavy atom. The average molecular weight is 301 g/mol. The van der Waals surface area contributed by atoms with Gasteiger partial charge in [-0.15, -0.1) is 0 Å². The van der Waals surface area contributed by atoms with Crippen LogP contribution in [-0.2, 0) is 7.05 Å². The summed E-state index contributed by atoms with van der Waals surface area (Å²) in [6, 6.07) is 0. The minimum absolute atomic E-state index is 0.259. The van der Waals surface area contributed by atoms with Crippen molar-refractivity contribution < 1.29 is 5.11 Å². The highest BCUT2D eigenvalue weighted by atomic mass is 16.3. The summed E-state index contributed by atoms with van der Waals surface area (Å²) in [5.41, 5.74) is 0.909. The summed E-state index contributed by atoms with van der Waals surface area (Å²) in [7, 11) is 1.93. The number of hydrogen-bond donors (Lipinski definition) is 1. The number of aromatic nitrogens is 4. The Hall–Kier alpha value is -1.69. The van der Waals surface area contributed by atoms with E-state index in [4.69, 9.17) is 9.97 Å². The number of aryl methyl sites for hydroxylation is 1. The van der Waals surface area contributed by atoms with Crippen molar-refractivity contribution in [1.29, 1.82) is 0 Å². The lowest BCUT2D eigenvalue weighted by Gasteiger charge is -2.31. The van der Waals surface area contributed by atoms with Crippen LogP contribution in [0.15, 0.2) is 6.20 Å². The highest BCUT2D eigenvalue weighted by Gasteiger charge is 2.26. The SMILES string of the molecule is Cn1ncc2c(N3CCC[C@@H](O)C3)nc(C3CCCC3)nc21. The fourth-order valence-corrected chi connectivity index (χ4v) is 3.78. The van der Waals surface area contributed by atoms with Crippen molar-refractivity contribution in [1.82, 2.24) is 19.7 Å². The van der Waals surface area contributed by atoms with Gasteiger partial charge in [-0.3, -0.25) is 4.68 Å². The van der Waals surface area contributed by atoms with E-state index in [1.165, 1.54) is 25.7 Å². The molecule has 0 radical (unpaired) electrons. The number of hydrogen-bond acceptors (Lipinski definition) is 5. The van der Waals surface area contributed by atoms with Crippen molar-refractivity contribution in [3.05, 3.63) is 12.0 Å². The first-order valence-corrected chi connectivity index (χ1v) is 8.35. The third-order valence-electron chi connectivity index (χ3n) is 5.01. The van der Waals surface area contributed by atoms with E-state index < -0.39 is 0 Å². The molecule has 6 heteroatoms. The van der Waals surface area contributed by atoms with Gasteiger partial charge >= 0.3 is 0 Å². The highest BCUT2D eigenvalue weighted by Crippen LogP contribution is 2.35. The molecule has 2 aliphatic rings. The first-order valence-electron chi connectivity index (χ1n) is 8.35. The van der Waals surface area contributed by atoms with Gasteiger partial charge in [0.1, 0.15) is 11.6 Å². The minimum atomic E-state index is -0.259. The molecular weight excluding hydrogens is 278 g/mol. The normalized spacial score (nSPS) is 23.5. The van der Waals surface area contributed by atoms with Crippen LogP contribution >= 0.6 is 0 Å². The zero-order valence-electron chi connectivity index (χ0n) is 13.1. The molecule has 1 aliphatic heterocycles. The third kappa shape index (κ3) is 2.35. The van der Waals surface area contributed by atoms with Gasteiger partial charge in [0.2, 0.25) is 0 Å². The van der Waals surface area contributed by atoms with Gasteiger partial charge in [0.05, 0.1) is 17.7 Å². The molecule has 1 aliphatic carbocycles. The second-order valence-corrected chi connectivity index (χ2v) is 6.63. The molecule has 2 fully saturated rings. The maximum absolute atomic E-state index is 9.99. The van der Waals surface area contributed by atoms with Gasteiger partial charge in [-0.25, -0.2) is 9.97 Å². The van der Waals surface area contributed by atoms with Crippen LogP contribution in [0.5, 0.6) is 0 Å². The van der Waals surface area contributed by atoms with Crippen molar-refractivity contribution >= 4 is 16.9 Å². The van der Waals surface area contributed by atoms with E-state index in [2.05, 4.69) is 10.00 Å². The molecular formula is C16H23N5O. The highest BCUT2D eigenvalue weighted by molar-refractivity contribution is 5.87. The summed E-state index contributed by atoms with van der Waals surface area (Å²) in [4.78, 5) is 11.9. The maximum atomic E-state index is 9.99. The molecule has 4 rings (SSSR count). The van der Waals surface area contributed by atoms with Crippen LogP contribution in [0.1, 0.15) is 50.3 Å². The van der Waals surface area contributed by atoms with Crippen molar-refractivity contribution in [3.63, 3.8) is 0 Å². The molecule has 2 aromatic rings. The number of fused-ring (bicyclic) bond motifs is 1. The summed E-state index contributed by atoms with van der Waals surface area (Å²) in [5, 5.41) is 15.4. The van der Waals surface area contributed by atoms with Crippen molar-refractivity contribution in [2.75, 3.05) is 18.0 Å². The van der Waals surface area contributed by atoms with Crippen LogP contribution in [0, 0.1) is 0 Å². The second kappa shape index (κ2) is 5.50. The molecule has 0 aromatic carbocycles. The van der Waals surface area contributed by atoms with Gasteiger partial charge in [-0.05, 0) is 25.7 Å². The number of β-amino-alcohol motifs (C(OH)–C–C–N with tert-alkyl or cyclic N) is 1.